The van der Waals surface area contributed by atoms with E-state index in [9.17, 15) is 9.59 Å². The van der Waals surface area contributed by atoms with Crippen molar-refractivity contribution >= 4 is 11.8 Å². The fourth-order valence-corrected chi connectivity index (χ4v) is 1.87. The van der Waals surface area contributed by atoms with Gasteiger partial charge in [0.15, 0.2) is 5.78 Å². The van der Waals surface area contributed by atoms with Gasteiger partial charge in [-0.25, -0.2) is 4.79 Å². The summed E-state index contributed by atoms with van der Waals surface area (Å²) >= 11 is 0. The lowest BCUT2D eigenvalue weighted by molar-refractivity contribution is 0.0685. The zero-order valence-electron chi connectivity index (χ0n) is 10.5. The first kappa shape index (κ1) is 13.0. The number of ketones is 1. The zero-order valence-corrected chi connectivity index (χ0v) is 10.5. The molecular formula is C14H14N2O3. The number of carboxylic acid groups (broad SMARTS) is 1. The number of hydrogen-bond donors (Lipinski definition) is 1. The molecule has 0 aliphatic carbocycles. The maximum atomic E-state index is 11.3. The highest BCUT2D eigenvalue weighted by atomic mass is 16.4. The van der Waals surface area contributed by atoms with Gasteiger partial charge in [-0.2, -0.15) is 0 Å². The zero-order chi connectivity index (χ0) is 13.8. The Kier molecular flexibility index (Phi) is 3.75. The number of pyridine rings is 1. The van der Waals surface area contributed by atoms with Crippen LogP contribution in [0.4, 0.5) is 0 Å². The summed E-state index contributed by atoms with van der Waals surface area (Å²) in [7, 11) is 0. The van der Waals surface area contributed by atoms with Crippen molar-refractivity contribution in [2.24, 2.45) is 0 Å². The monoisotopic (exact) mass is 258 g/mol. The first-order chi connectivity index (χ1) is 9.08. The Morgan fingerprint density at radius 2 is 2.00 bits per heavy atom. The highest BCUT2D eigenvalue weighted by Crippen LogP contribution is 2.11. The van der Waals surface area contributed by atoms with E-state index in [1.807, 2.05) is 12.1 Å². The number of carbonyl (C=O) groups is 2. The summed E-state index contributed by atoms with van der Waals surface area (Å²) in [6.07, 6.45) is 5.68. The number of aromatic nitrogens is 2. The predicted octanol–water partition coefficient (Wildman–Crippen LogP) is 2.03. The van der Waals surface area contributed by atoms with E-state index >= 15 is 0 Å². The molecule has 0 spiro atoms. The third kappa shape index (κ3) is 3.07. The molecule has 0 amide bonds. The highest BCUT2D eigenvalue weighted by Gasteiger charge is 2.14. The molecule has 0 aliphatic rings. The molecule has 0 aliphatic heterocycles. The second-order valence-corrected chi connectivity index (χ2v) is 4.27. The molecule has 0 unspecified atom stereocenters. The number of Topliss-reactive ketones (excluding diaryl/α,β-unsaturated/α-hetero) is 1. The van der Waals surface area contributed by atoms with E-state index < -0.39 is 5.97 Å². The highest BCUT2D eigenvalue weighted by molar-refractivity contribution is 5.97. The molecule has 98 valence electrons. The maximum absolute atomic E-state index is 11.3. The third-order valence-corrected chi connectivity index (χ3v) is 2.91. The van der Waals surface area contributed by atoms with Gasteiger partial charge >= 0.3 is 5.97 Å². The lowest BCUT2D eigenvalue weighted by Crippen LogP contribution is -2.09. The number of carboxylic acids is 1. The van der Waals surface area contributed by atoms with E-state index in [4.69, 9.17) is 5.11 Å². The average molecular weight is 258 g/mol. The number of hydrogen-bond acceptors (Lipinski definition) is 3. The van der Waals surface area contributed by atoms with Crippen LogP contribution in [0.3, 0.4) is 0 Å². The SMILES string of the molecule is CC(=O)c1cc(C(=O)O)n(CCc2ccncc2)c1. The van der Waals surface area contributed by atoms with Crippen LogP contribution < -0.4 is 0 Å². The molecule has 5 nitrogen and oxygen atoms in total. The second kappa shape index (κ2) is 5.48. The van der Waals surface area contributed by atoms with Crippen molar-refractivity contribution in [2.75, 3.05) is 0 Å². The van der Waals surface area contributed by atoms with Gasteiger partial charge in [0, 0.05) is 30.7 Å². The lowest BCUT2D eigenvalue weighted by Gasteiger charge is -2.05. The molecule has 0 bridgehead atoms. The summed E-state index contributed by atoms with van der Waals surface area (Å²) in [5, 5.41) is 9.12. The van der Waals surface area contributed by atoms with E-state index in [1.54, 1.807) is 23.2 Å². The molecule has 2 aromatic rings. The number of aromatic carboxylic acids is 1. The van der Waals surface area contributed by atoms with Crippen LogP contribution in [-0.4, -0.2) is 26.4 Å². The molecule has 19 heavy (non-hydrogen) atoms. The summed E-state index contributed by atoms with van der Waals surface area (Å²) in [5.74, 6) is -1.16. The molecular weight excluding hydrogens is 244 g/mol. The van der Waals surface area contributed by atoms with Crippen LogP contribution in [0.25, 0.3) is 0 Å². The quantitative estimate of drug-likeness (QED) is 0.833. The predicted molar refractivity (Wildman–Crippen MR) is 69.3 cm³/mol. The molecule has 2 rings (SSSR count). The van der Waals surface area contributed by atoms with Gasteiger partial charge in [0.1, 0.15) is 5.69 Å². The fraction of sp³-hybridized carbons (Fsp3) is 0.214. The number of carbonyl (C=O) groups excluding carboxylic acids is 1. The smallest absolute Gasteiger partial charge is 0.352 e. The fourth-order valence-electron chi connectivity index (χ4n) is 1.87. The summed E-state index contributed by atoms with van der Waals surface area (Å²) in [6.45, 7) is 1.94. The molecule has 0 saturated heterocycles. The van der Waals surface area contributed by atoms with Crippen LogP contribution in [0.2, 0.25) is 0 Å². The van der Waals surface area contributed by atoms with Crippen molar-refractivity contribution < 1.29 is 14.7 Å². The Morgan fingerprint density at radius 3 is 2.58 bits per heavy atom. The van der Waals surface area contributed by atoms with Crippen LogP contribution in [0.5, 0.6) is 0 Å². The Morgan fingerprint density at radius 1 is 1.32 bits per heavy atom. The van der Waals surface area contributed by atoms with Crippen molar-refractivity contribution in [1.82, 2.24) is 9.55 Å². The van der Waals surface area contributed by atoms with Crippen molar-refractivity contribution in [3.63, 3.8) is 0 Å². The minimum atomic E-state index is -1.03. The largest absolute Gasteiger partial charge is 0.477 e. The second-order valence-electron chi connectivity index (χ2n) is 4.27. The molecule has 0 aromatic carbocycles. The van der Waals surface area contributed by atoms with Crippen LogP contribution in [0.15, 0.2) is 36.8 Å². The minimum absolute atomic E-state index is 0.134. The van der Waals surface area contributed by atoms with Crippen LogP contribution in [-0.2, 0) is 13.0 Å². The topological polar surface area (TPSA) is 72.2 Å². The van der Waals surface area contributed by atoms with Gasteiger partial charge in [0.2, 0.25) is 0 Å². The van der Waals surface area contributed by atoms with Crippen molar-refractivity contribution in [3.05, 3.63) is 53.6 Å². The average Bonchev–Trinajstić information content (AvgIpc) is 2.82. The molecule has 0 saturated carbocycles. The Hall–Kier alpha value is -2.43. The van der Waals surface area contributed by atoms with Crippen molar-refractivity contribution in [2.45, 2.75) is 19.9 Å². The van der Waals surface area contributed by atoms with E-state index in [2.05, 4.69) is 4.98 Å². The first-order valence-corrected chi connectivity index (χ1v) is 5.91. The van der Waals surface area contributed by atoms with E-state index in [1.165, 1.54) is 13.0 Å². The van der Waals surface area contributed by atoms with E-state index in [0.717, 1.165) is 5.56 Å². The first-order valence-electron chi connectivity index (χ1n) is 5.91. The molecule has 0 atom stereocenters. The molecule has 5 heteroatoms. The number of nitrogens with zero attached hydrogens (tertiary/aromatic N) is 2. The number of aryl methyl sites for hydroxylation is 2. The number of rotatable bonds is 5. The van der Waals surface area contributed by atoms with Gasteiger partial charge in [-0.15, -0.1) is 0 Å². The van der Waals surface area contributed by atoms with Gasteiger partial charge in [0.05, 0.1) is 0 Å². The normalized spacial score (nSPS) is 10.4. The van der Waals surface area contributed by atoms with Gasteiger partial charge < -0.3 is 9.67 Å². The summed E-state index contributed by atoms with van der Waals surface area (Å²) in [4.78, 5) is 26.3. The van der Waals surface area contributed by atoms with Crippen LogP contribution >= 0.6 is 0 Å². The van der Waals surface area contributed by atoms with Crippen molar-refractivity contribution in [3.8, 4) is 0 Å². The molecule has 1 N–H and O–H groups in total. The van der Waals surface area contributed by atoms with Crippen molar-refractivity contribution in [1.29, 1.82) is 0 Å². The molecule has 0 radical (unpaired) electrons. The van der Waals surface area contributed by atoms with Crippen LogP contribution in [0.1, 0.15) is 33.3 Å². The summed E-state index contributed by atoms with van der Waals surface area (Å²) in [5.41, 5.74) is 1.63. The molecule has 2 aromatic heterocycles. The van der Waals surface area contributed by atoms with E-state index in [0.29, 0.717) is 18.5 Å². The van der Waals surface area contributed by atoms with Gasteiger partial charge in [0.25, 0.3) is 0 Å². The standard InChI is InChI=1S/C14H14N2O3/c1-10(17)12-8-13(14(18)19)16(9-12)7-4-11-2-5-15-6-3-11/h2-3,5-6,8-9H,4,7H2,1H3,(H,18,19). The summed E-state index contributed by atoms with van der Waals surface area (Å²) in [6, 6.07) is 5.18. The van der Waals surface area contributed by atoms with E-state index in [-0.39, 0.29) is 11.5 Å². The third-order valence-electron chi connectivity index (χ3n) is 2.91. The molecule has 2 heterocycles. The van der Waals surface area contributed by atoms with Crippen LogP contribution in [0, 0.1) is 0 Å². The lowest BCUT2D eigenvalue weighted by atomic mass is 10.2. The maximum Gasteiger partial charge on any atom is 0.352 e. The van der Waals surface area contributed by atoms with Gasteiger partial charge in [-0.3, -0.25) is 9.78 Å². The summed E-state index contributed by atoms with van der Waals surface area (Å²) < 4.78 is 1.60. The van der Waals surface area contributed by atoms with Gasteiger partial charge in [-0.05, 0) is 37.1 Å². The Bertz CT molecular complexity index is 602. The molecule has 0 fully saturated rings. The Balaban J connectivity index is 2.19. The minimum Gasteiger partial charge on any atom is -0.477 e. The Labute approximate surface area is 110 Å². The van der Waals surface area contributed by atoms with Gasteiger partial charge in [-0.1, -0.05) is 0 Å².